The maximum atomic E-state index is 11.4. The van der Waals surface area contributed by atoms with Crippen LogP contribution in [-0.2, 0) is 4.79 Å². The fourth-order valence-corrected chi connectivity index (χ4v) is 1.63. The lowest BCUT2D eigenvalue weighted by Gasteiger charge is -2.07. The number of hydrogen-bond acceptors (Lipinski definition) is 3. The summed E-state index contributed by atoms with van der Waals surface area (Å²) in [5.74, 6) is 0.568. The molecule has 0 aliphatic rings. The highest BCUT2D eigenvalue weighted by Crippen LogP contribution is 2.17. The standard InChI is InChI=1S/C12H17BrN2O2/c13-10-4-3-5-11(8-10)17-9-12(16)15-7-2-1-6-14/h3-5,8H,1-2,6-7,9,14H2,(H,15,16). The summed E-state index contributed by atoms with van der Waals surface area (Å²) >= 11 is 3.34. The van der Waals surface area contributed by atoms with Gasteiger partial charge in [0.1, 0.15) is 5.75 Å². The lowest BCUT2D eigenvalue weighted by atomic mass is 10.3. The second-order valence-electron chi connectivity index (χ2n) is 3.59. The average molecular weight is 301 g/mol. The van der Waals surface area contributed by atoms with E-state index in [1.807, 2.05) is 24.3 Å². The fraction of sp³-hybridized carbons (Fsp3) is 0.417. The van der Waals surface area contributed by atoms with Crippen LogP contribution in [0.2, 0.25) is 0 Å². The minimum atomic E-state index is -0.109. The van der Waals surface area contributed by atoms with Gasteiger partial charge in [-0.3, -0.25) is 4.79 Å². The zero-order valence-corrected chi connectivity index (χ0v) is 11.2. The van der Waals surface area contributed by atoms with E-state index in [-0.39, 0.29) is 12.5 Å². The highest BCUT2D eigenvalue weighted by atomic mass is 79.9. The van der Waals surface area contributed by atoms with E-state index in [1.54, 1.807) is 0 Å². The molecular weight excluding hydrogens is 284 g/mol. The van der Waals surface area contributed by atoms with Gasteiger partial charge >= 0.3 is 0 Å². The van der Waals surface area contributed by atoms with Crippen LogP contribution >= 0.6 is 15.9 Å². The predicted molar refractivity (Wildman–Crippen MR) is 70.9 cm³/mol. The molecule has 0 spiro atoms. The minimum Gasteiger partial charge on any atom is -0.484 e. The SMILES string of the molecule is NCCCCNC(=O)COc1cccc(Br)c1. The van der Waals surface area contributed by atoms with E-state index >= 15 is 0 Å². The highest BCUT2D eigenvalue weighted by molar-refractivity contribution is 9.10. The number of hydrogen-bond donors (Lipinski definition) is 2. The molecule has 0 saturated carbocycles. The third-order valence-corrected chi connectivity index (χ3v) is 2.61. The Balaban J connectivity index is 2.19. The first kappa shape index (κ1) is 14.0. The summed E-state index contributed by atoms with van der Waals surface area (Å²) in [5, 5.41) is 2.77. The molecule has 1 amide bonds. The van der Waals surface area contributed by atoms with Crippen molar-refractivity contribution >= 4 is 21.8 Å². The van der Waals surface area contributed by atoms with Crippen LogP contribution in [0.3, 0.4) is 0 Å². The van der Waals surface area contributed by atoms with Gasteiger partial charge in [0.25, 0.3) is 5.91 Å². The van der Waals surface area contributed by atoms with Gasteiger partial charge in [-0.1, -0.05) is 22.0 Å². The smallest absolute Gasteiger partial charge is 0.257 e. The number of carbonyl (C=O) groups is 1. The first-order valence-corrected chi connectivity index (χ1v) is 6.37. The van der Waals surface area contributed by atoms with Gasteiger partial charge in [0.05, 0.1) is 0 Å². The number of benzene rings is 1. The third kappa shape index (κ3) is 6.28. The van der Waals surface area contributed by atoms with Gasteiger partial charge in [0, 0.05) is 11.0 Å². The molecular formula is C12H17BrN2O2. The molecule has 17 heavy (non-hydrogen) atoms. The van der Waals surface area contributed by atoms with Gasteiger partial charge in [-0.05, 0) is 37.6 Å². The van der Waals surface area contributed by atoms with Crippen LogP contribution in [0.15, 0.2) is 28.7 Å². The number of halogens is 1. The fourth-order valence-electron chi connectivity index (χ4n) is 1.25. The van der Waals surface area contributed by atoms with Gasteiger partial charge in [0.2, 0.25) is 0 Å². The number of carbonyl (C=O) groups excluding carboxylic acids is 1. The number of ether oxygens (including phenoxy) is 1. The Bertz CT molecular complexity index is 358. The second-order valence-corrected chi connectivity index (χ2v) is 4.51. The van der Waals surface area contributed by atoms with E-state index in [0.717, 1.165) is 17.3 Å². The summed E-state index contributed by atoms with van der Waals surface area (Å²) in [6.45, 7) is 1.35. The van der Waals surface area contributed by atoms with Crippen molar-refractivity contribution in [3.8, 4) is 5.75 Å². The van der Waals surface area contributed by atoms with Gasteiger partial charge < -0.3 is 15.8 Å². The van der Waals surface area contributed by atoms with Gasteiger partial charge in [0.15, 0.2) is 6.61 Å². The summed E-state index contributed by atoms with van der Waals surface area (Å²) in [7, 11) is 0. The molecule has 1 aromatic rings. The van der Waals surface area contributed by atoms with Crippen molar-refractivity contribution in [3.05, 3.63) is 28.7 Å². The molecule has 0 radical (unpaired) electrons. The third-order valence-electron chi connectivity index (χ3n) is 2.12. The molecule has 0 fully saturated rings. The molecule has 0 aliphatic heterocycles. The number of nitrogens with one attached hydrogen (secondary N) is 1. The minimum absolute atomic E-state index is 0.0408. The average Bonchev–Trinajstić information content (AvgIpc) is 2.32. The lowest BCUT2D eigenvalue weighted by Crippen LogP contribution is -2.29. The predicted octanol–water partition coefficient (Wildman–Crippen LogP) is 1.68. The molecule has 1 aromatic carbocycles. The Labute approximate surface area is 110 Å². The number of rotatable bonds is 7. The molecule has 5 heteroatoms. The molecule has 0 heterocycles. The second kappa shape index (κ2) is 8.08. The summed E-state index contributed by atoms with van der Waals surface area (Å²) in [6.07, 6.45) is 1.83. The van der Waals surface area contributed by atoms with Crippen molar-refractivity contribution in [1.82, 2.24) is 5.32 Å². The summed E-state index contributed by atoms with van der Waals surface area (Å²) in [4.78, 5) is 11.4. The lowest BCUT2D eigenvalue weighted by molar-refractivity contribution is -0.123. The van der Waals surface area contributed by atoms with Crippen LogP contribution in [0.25, 0.3) is 0 Å². The van der Waals surface area contributed by atoms with E-state index < -0.39 is 0 Å². The normalized spacial score (nSPS) is 10.0. The maximum absolute atomic E-state index is 11.4. The van der Waals surface area contributed by atoms with E-state index in [2.05, 4.69) is 21.2 Å². The molecule has 1 rings (SSSR count). The molecule has 3 N–H and O–H groups in total. The Morgan fingerprint density at radius 3 is 2.94 bits per heavy atom. The summed E-state index contributed by atoms with van der Waals surface area (Å²) in [6, 6.07) is 7.40. The van der Waals surface area contributed by atoms with Crippen molar-refractivity contribution < 1.29 is 9.53 Å². The van der Waals surface area contributed by atoms with E-state index in [0.29, 0.717) is 18.8 Å². The van der Waals surface area contributed by atoms with Crippen molar-refractivity contribution in [1.29, 1.82) is 0 Å². The van der Waals surface area contributed by atoms with Crippen molar-refractivity contribution in [2.45, 2.75) is 12.8 Å². The van der Waals surface area contributed by atoms with Crippen LogP contribution in [0.4, 0.5) is 0 Å². The van der Waals surface area contributed by atoms with Crippen LogP contribution in [0.5, 0.6) is 5.75 Å². The largest absolute Gasteiger partial charge is 0.484 e. The number of nitrogens with two attached hydrogens (primary N) is 1. The Hall–Kier alpha value is -1.07. The molecule has 0 unspecified atom stereocenters. The Kier molecular flexibility index (Phi) is 6.65. The van der Waals surface area contributed by atoms with E-state index in [4.69, 9.17) is 10.5 Å². The summed E-state index contributed by atoms with van der Waals surface area (Å²) < 4.78 is 6.27. The molecule has 0 aromatic heterocycles. The van der Waals surface area contributed by atoms with Crippen LogP contribution < -0.4 is 15.8 Å². The first-order chi connectivity index (χ1) is 8.22. The Morgan fingerprint density at radius 1 is 1.41 bits per heavy atom. The molecule has 4 nitrogen and oxygen atoms in total. The quantitative estimate of drug-likeness (QED) is 0.753. The molecule has 0 aliphatic carbocycles. The summed E-state index contributed by atoms with van der Waals surface area (Å²) in [5.41, 5.74) is 5.35. The zero-order chi connectivity index (χ0) is 12.5. The van der Waals surface area contributed by atoms with Gasteiger partial charge in [-0.2, -0.15) is 0 Å². The van der Waals surface area contributed by atoms with Gasteiger partial charge in [-0.25, -0.2) is 0 Å². The highest BCUT2D eigenvalue weighted by Gasteiger charge is 2.02. The van der Waals surface area contributed by atoms with Crippen LogP contribution in [-0.4, -0.2) is 25.6 Å². The zero-order valence-electron chi connectivity index (χ0n) is 9.62. The van der Waals surface area contributed by atoms with Crippen molar-refractivity contribution in [3.63, 3.8) is 0 Å². The maximum Gasteiger partial charge on any atom is 0.257 e. The van der Waals surface area contributed by atoms with E-state index in [9.17, 15) is 4.79 Å². The number of amides is 1. The molecule has 94 valence electrons. The topological polar surface area (TPSA) is 64.3 Å². The Morgan fingerprint density at radius 2 is 2.24 bits per heavy atom. The first-order valence-electron chi connectivity index (χ1n) is 5.57. The monoisotopic (exact) mass is 300 g/mol. The molecule has 0 bridgehead atoms. The molecule has 0 saturated heterocycles. The van der Waals surface area contributed by atoms with Crippen molar-refractivity contribution in [2.75, 3.05) is 19.7 Å². The van der Waals surface area contributed by atoms with Crippen LogP contribution in [0, 0.1) is 0 Å². The van der Waals surface area contributed by atoms with Crippen LogP contribution in [0.1, 0.15) is 12.8 Å². The van der Waals surface area contributed by atoms with E-state index in [1.165, 1.54) is 0 Å². The molecule has 0 atom stereocenters. The number of unbranched alkanes of at least 4 members (excludes halogenated alkanes) is 1. The van der Waals surface area contributed by atoms with Crippen molar-refractivity contribution in [2.24, 2.45) is 5.73 Å². The van der Waals surface area contributed by atoms with Gasteiger partial charge in [-0.15, -0.1) is 0 Å².